The van der Waals surface area contributed by atoms with Gasteiger partial charge in [-0.1, -0.05) is 12.1 Å². The van der Waals surface area contributed by atoms with Gasteiger partial charge < -0.3 is 4.42 Å². The molecular weight excluding hydrogens is 482 g/mol. The number of benzene rings is 1. The van der Waals surface area contributed by atoms with E-state index in [0.717, 1.165) is 16.3 Å². The van der Waals surface area contributed by atoms with Gasteiger partial charge in [0.15, 0.2) is 5.58 Å². The molecule has 121 valence electrons. The molecule has 0 saturated heterocycles. The summed E-state index contributed by atoms with van der Waals surface area (Å²) in [6.45, 7) is 12.9. The van der Waals surface area contributed by atoms with Crippen LogP contribution in [0.25, 0.3) is 11.1 Å². The molecule has 5 heteroatoms. The van der Waals surface area contributed by atoms with E-state index in [1.807, 2.05) is 35.6 Å². The third kappa shape index (κ3) is 3.76. The maximum Gasteiger partial charge on any atom is 0.296 e. The quantitative estimate of drug-likeness (QED) is 0.363. The minimum Gasteiger partial charge on any atom is -0.429 e. The molecule has 2 rings (SSSR count). The van der Waals surface area contributed by atoms with Gasteiger partial charge in [0.1, 0.15) is 16.9 Å². The third-order valence-corrected chi connectivity index (χ3v) is 14.6. The van der Waals surface area contributed by atoms with Crippen molar-refractivity contribution in [1.82, 2.24) is 4.98 Å². The van der Waals surface area contributed by atoms with Crippen molar-refractivity contribution in [3.05, 3.63) is 24.3 Å². The molecule has 0 amide bonds. The molecule has 1 heterocycles. The van der Waals surface area contributed by atoms with Crippen molar-refractivity contribution in [2.24, 2.45) is 0 Å². The monoisotopic (exact) mass is 507 g/mol. The van der Waals surface area contributed by atoms with Gasteiger partial charge in [-0.3, -0.25) is 0 Å². The van der Waals surface area contributed by atoms with Crippen molar-refractivity contribution in [2.75, 3.05) is 0 Å². The zero-order valence-corrected chi connectivity index (χ0v) is 17.4. The van der Waals surface area contributed by atoms with Crippen LogP contribution in [-0.2, 0) is 22.4 Å². The number of para-hydroxylation sites is 2. The van der Waals surface area contributed by atoms with Gasteiger partial charge in [0.2, 0.25) is 0 Å². The Morgan fingerprint density at radius 2 is 1.48 bits per heavy atom. The number of oxazole rings is 1. The van der Waals surface area contributed by atoms with Crippen LogP contribution in [0.15, 0.2) is 33.9 Å². The van der Waals surface area contributed by atoms with E-state index in [-0.39, 0.29) is 22.4 Å². The molecule has 0 N–H and O–H groups in total. The molecular formula is C16H25AuNOPS+. The van der Waals surface area contributed by atoms with Crippen LogP contribution < -0.4 is 0 Å². The maximum absolute atomic E-state index is 5.95. The Hall–Kier alpha value is 0.210. The molecule has 1 aromatic heterocycles. The first kappa shape index (κ1) is 19.3. The Kier molecular flexibility index (Phi) is 7.02. The Morgan fingerprint density at radius 3 is 1.95 bits per heavy atom. The molecule has 0 aliphatic rings. The van der Waals surface area contributed by atoms with Gasteiger partial charge >= 0.3 is 0 Å². The second kappa shape index (κ2) is 7.66. The summed E-state index contributed by atoms with van der Waals surface area (Å²) >= 11 is 1.92. The Bertz CT molecular complexity index is 528. The fourth-order valence-corrected chi connectivity index (χ4v) is 10.8. The summed E-state index contributed by atoms with van der Waals surface area (Å²) in [5, 5.41) is 0.843. The predicted molar refractivity (Wildman–Crippen MR) is 92.2 cm³/mol. The first-order chi connectivity index (χ1) is 9.37. The predicted octanol–water partition coefficient (Wildman–Crippen LogP) is 6.08. The van der Waals surface area contributed by atoms with Gasteiger partial charge in [0.05, 0.1) is 23.4 Å². The smallest absolute Gasteiger partial charge is 0.296 e. The first-order valence-electron chi connectivity index (χ1n) is 7.31. The van der Waals surface area contributed by atoms with Crippen LogP contribution in [0.5, 0.6) is 0 Å². The maximum atomic E-state index is 5.95. The van der Waals surface area contributed by atoms with Gasteiger partial charge in [-0.25, -0.2) is 4.98 Å². The molecule has 2 aromatic rings. The van der Waals surface area contributed by atoms with Crippen LogP contribution in [0.2, 0.25) is 0 Å². The molecule has 0 unspecified atom stereocenters. The third-order valence-electron chi connectivity index (χ3n) is 3.93. The second-order valence-corrected chi connectivity index (χ2v) is 13.7. The summed E-state index contributed by atoms with van der Waals surface area (Å²) in [6.07, 6.45) is 0. The largest absolute Gasteiger partial charge is 0.429 e. The summed E-state index contributed by atoms with van der Waals surface area (Å²) in [5.74, 6) is 0. The standard InChI is InChI=1S/C16H25NOPS.Au/c1-11(2)19(12(3)4,13(5)6)20-16-17-14-9-7-8-10-15(14)18-16;/h7-13H,1-6H3;/q+1;. The van der Waals surface area contributed by atoms with Crippen LogP contribution in [-0.4, -0.2) is 22.0 Å². The van der Waals surface area contributed by atoms with E-state index in [1.54, 1.807) is 0 Å². The molecule has 0 bridgehead atoms. The van der Waals surface area contributed by atoms with Crippen molar-refractivity contribution in [1.29, 1.82) is 0 Å². The van der Waals surface area contributed by atoms with Gasteiger partial charge in [0.25, 0.3) is 5.22 Å². The average Bonchev–Trinajstić information content (AvgIpc) is 2.76. The molecule has 21 heavy (non-hydrogen) atoms. The van der Waals surface area contributed by atoms with Crippen LogP contribution in [0.3, 0.4) is 0 Å². The van der Waals surface area contributed by atoms with Crippen LogP contribution >= 0.6 is 17.8 Å². The number of rotatable bonds is 5. The van der Waals surface area contributed by atoms with E-state index in [4.69, 9.17) is 4.42 Å². The number of fused-ring (bicyclic) bond motifs is 1. The average molecular weight is 507 g/mol. The fourth-order valence-electron chi connectivity index (χ4n) is 3.13. The van der Waals surface area contributed by atoms with Gasteiger partial charge in [-0.2, -0.15) is 0 Å². The Labute approximate surface area is 148 Å². The molecule has 1 aromatic carbocycles. The van der Waals surface area contributed by atoms with E-state index in [2.05, 4.69) is 46.5 Å². The van der Waals surface area contributed by atoms with E-state index >= 15 is 0 Å². The van der Waals surface area contributed by atoms with Crippen LogP contribution in [0, 0.1) is 0 Å². The van der Waals surface area contributed by atoms with Crippen molar-refractivity contribution in [3.8, 4) is 0 Å². The van der Waals surface area contributed by atoms with E-state index in [0.29, 0.717) is 17.0 Å². The zero-order valence-electron chi connectivity index (χ0n) is 13.6. The SMILES string of the molecule is CC(C)[P+](Sc1nc2ccccc2o1)(C(C)C)C(C)C.[Au]. The first-order valence-corrected chi connectivity index (χ1v) is 10.7. The summed E-state index contributed by atoms with van der Waals surface area (Å²) in [4.78, 5) is 4.67. The zero-order chi connectivity index (χ0) is 14.9. The number of aromatic nitrogens is 1. The van der Waals surface area contributed by atoms with Gasteiger partial charge in [-0.05, 0) is 53.7 Å². The van der Waals surface area contributed by atoms with E-state index in [9.17, 15) is 0 Å². The summed E-state index contributed by atoms with van der Waals surface area (Å²) in [5.41, 5.74) is 3.86. The topological polar surface area (TPSA) is 26.0 Å². The van der Waals surface area contributed by atoms with Crippen molar-refractivity contribution in [2.45, 2.75) is 63.7 Å². The fraction of sp³-hybridized carbons (Fsp3) is 0.562. The Balaban J connectivity index is 0.00000220. The van der Waals surface area contributed by atoms with Crippen molar-refractivity contribution in [3.63, 3.8) is 0 Å². The molecule has 2 nitrogen and oxygen atoms in total. The number of nitrogens with zero attached hydrogens (tertiary/aromatic N) is 1. The molecule has 0 atom stereocenters. The Morgan fingerprint density at radius 1 is 0.952 bits per heavy atom. The number of hydrogen-bond donors (Lipinski definition) is 0. The van der Waals surface area contributed by atoms with Crippen LogP contribution in [0.4, 0.5) is 0 Å². The van der Waals surface area contributed by atoms with E-state index in [1.165, 1.54) is 0 Å². The molecule has 0 saturated carbocycles. The van der Waals surface area contributed by atoms with Gasteiger partial charge in [-0.15, -0.1) is 0 Å². The molecule has 1 radical (unpaired) electrons. The normalized spacial score (nSPS) is 12.4. The van der Waals surface area contributed by atoms with E-state index < -0.39 is 6.46 Å². The summed E-state index contributed by atoms with van der Waals surface area (Å²) < 4.78 is 5.95. The van der Waals surface area contributed by atoms with Crippen LogP contribution in [0.1, 0.15) is 41.5 Å². The second-order valence-electron chi connectivity index (χ2n) is 6.08. The summed E-state index contributed by atoms with van der Waals surface area (Å²) in [6, 6.07) is 8.02. The molecule has 0 fully saturated rings. The number of hydrogen-bond acceptors (Lipinski definition) is 3. The van der Waals surface area contributed by atoms with Gasteiger partial charge in [0, 0.05) is 22.4 Å². The molecule has 0 spiro atoms. The summed E-state index contributed by atoms with van der Waals surface area (Å²) in [7, 11) is 0. The van der Waals surface area contributed by atoms with Crippen molar-refractivity contribution >= 4 is 28.9 Å². The molecule has 0 aliphatic heterocycles. The molecule has 0 aliphatic carbocycles. The van der Waals surface area contributed by atoms with Crippen molar-refractivity contribution < 1.29 is 26.8 Å². The minimum atomic E-state index is -1.23. The minimum absolute atomic E-state index is 0.